The number of hydrogen-bond acceptors (Lipinski definition) is 5. The fourth-order valence-electron chi connectivity index (χ4n) is 6.69. The van der Waals surface area contributed by atoms with Crippen LogP contribution in [0.15, 0.2) is 66.7 Å². The van der Waals surface area contributed by atoms with E-state index in [-0.39, 0.29) is 29.1 Å². The average molecular weight is 466 g/mol. The number of benzene rings is 3. The van der Waals surface area contributed by atoms with Gasteiger partial charge in [-0.15, -0.1) is 0 Å². The highest BCUT2D eigenvalue weighted by Crippen LogP contribution is 2.64. The van der Waals surface area contributed by atoms with Crippen molar-refractivity contribution in [1.29, 1.82) is 0 Å². The molecule has 1 fully saturated rings. The number of carbonyl (C=O) groups excluding carboxylic acids is 4. The van der Waals surface area contributed by atoms with Crippen LogP contribution in [0.3, 0.4) is 0 Å². The number of anilines is 1. The largest absolute Gasteiger partial charge is 0.495 e. The van der Waals surface area contributed by atoms with Gasteiger partial charge in [-0.05, 0) is 54.3 Å². The molecule has 174 valence electrons. The third-order valence-electron chi connectivity index (χ3n) is 8.00. The van der Waals surface area contributed by atoms with Crippen LogP contribution < -0.4 is 9.64 Å². The summed E-state index contributed by atoms with van der Waals surface area (Å²) in [5.41, 5.74) is 2.75. The van der Waals surface area contributed by atoms with Gasteiger partial charge in [0.15, 0.2) is 5.78 Å². The van der Waals surface area contributed by atoms with Gasteiger partial charge in [0.1, 0.15) is 11.5 Å². The van der Waals surface area contributed by atoms with Crippen LogP contribution in [-0.4, -0.2) is 30.5 Å². The molecule has 1 aliphatic heterocycles. The highest BCUT2D eigenvalue weighted by atomic mass is 16.5. The van der Waals surface area contributed by atoms with Crippen LogP contribution in [0.5, 0.6) is 5.75 Å². The molecule has 6 nitrogen and oxygen atoms in total. The highest BCUT2D eigenvalue weighted by Gasteiger charge is 2.70. The normalized spacial score (nSPS) is 25.7. The molecular weight excluding hydrogens is 442 g/mol. The molecule has 0 spiro atoms. The predicted molar refractivity (Wildman–Crippen MR) is 129 cm³/mol. The lowest BCUT2D eigenvalue weighted by atomic mass is 9.46. The number of methoxy groups -OCH3 is 1. The van der Waals surface area contributed by atoms with Crippen molar-refractivity contribution in [3.05, 3.63) is 94.5 Å². The Hall–Kier alpha value is -4.06. The van der Waals surface area contributed by atoms with Crippen LogP contribution >= 0.6 is 0 Å². The van der Waals surface area contributed by atoms with Gasteiger partial charge in [-0.2, -0.15) is 0 Å². The van der Waals surface area contributed by atoms with Crippen LogP contribution in [0.1, 0.15) is 52.4 Å². The molecule has 2 amide bonds. The zero-order valence-electron chi connectivity index (χ0n) is 19.6. The number of nitrogens with zero attached hydrogens (tertiary/aromatic N) is 1. The number of ketones is 2. The van der Waals surface area contributed by atoms with Crippen molar-refractivity contribution in [2.75, 3.05) is 12.0 Å². The second-order valence-corrected chi connectivity index (χ2v) is 9.47. The van der Waals surface area contributed by atoms with Crippen LogP contribution in [-0.2, 0) is 19.8 Å². The Morgan fingerprint density at radius 1 is 0.857 bits per heavy atom. The van der Waals surface area contributed by atoms with Gasteiger partial charge in [-0.25, -0.2) is 4.90 Å². The van der Waals surface area contributed by atoms with Crippen molar-refractivity contribution in [1.82, 2.24) is 0 Å². The highest BCUT2D eigenvalue weighted by molar-refractivity contribution is 6.26. The SMILES string of the molecule is COc1ccc(C(C)=O)cc1N1C(=O)[C@@H]2C3c4ccccc4C(C(C)=O)(c4ccccc43)[C@H]2C1=O. The van der Waals surface area contributed by atoms with E-state index < -0.39 is 23.2 Å². The number of carbonyl (C=O) groups is 4. The summed E-state index contributed by atoms with van der Waals surface area (Å²) in [6.45, 7) is 2.94. The minimum Gasteiger partial charge on any atom is -0.495 e. The molecular formula is C29H23NO5. The van der Waals surface area contributed by atoms with Gasteiger partial charge in [0.25, 0.3) is 0 Å². The molecule has 2 bridgehead atoms. The van der Waals surface area contributed by atoms with E-state index in [1.807, 2.05) is 48.5 Å². The van der Waals surface area contributed by atoms with E-state index in [4.69, 9.17) is 4.74 Å². The molecule has 0 radical (unpaired) electrons. The molecule has 1 saturated heterocycles. The lowest BCUT2D eigenvalue weighted by Gasteiger charge is -2.52. The molecule has 3 aliphatic carbocycles. The molecule has 6 heteroatoms. The molecule has 0 saturated carbocycles. The molecule has 2 atom stereocenters. The zero-order chi connectivity index (χ0) is 24.6. The number of hydrogen-bond donors (Lipinski definition) is 0. The first kappa shape index (κ1) is 21.5. The summed E-state index contributed by atoms with van der Waals surface area (Å²) < 4.78 is 5.48. The first-order valence-corrected chi connectivity index (χ1v) is 11.6. The van der Waals surface area contributed by atoms with Crippen LogP contribution in [0.4, 0.5) is 5.69 Å². The molecule has 1 heterocycles. The Kier molecular flexibility index (Phi) is 4.43. The van der Waals surface area contributed by atoms with E-state index >= 15 is 0 Å². The fourth-order valence-corrected chi connectivity index (χ4v) is 6.69. The minimum absolute atomic E-state index is 0.169. The summed E-state index contributed by atoms with van der Waals surface area (Å²) in [4.78, 5) is 55.3. The summed E-state index contributed by atoms with van der Waals surface area (Å²) in [5.74, 6) is -2.83. The van der Waals surface area contributed by atoms with Crippen molar-refractivity contribution < 1.29 is 23.9 Å². The standard InChI is InChI=1S/C29H23NO5/c1-15(31)17-12-13-23(35-3)22(14-17)30-27(33)25-24-18-8-4-6-10-20(18)29(16(2)32,26(25)28(30)34)21-11-7-5-9-19(21)24/h4-14,24-26H,1-3H3/t24?,25-,26-,29?/m1/s1. The Morgan fingerprint density at radius 3 is 2.00 bits per heavy atom. The Balaban J connectivity index is 1.65. The van der Waals surface area contributed by atoms with Crippen molar-refractivity contribution in [2.45, 2.75) is 25.2 Å². The average Bonchev–Trinajstić information content (AvgIpc) is 3.13. The Bertz CT molecular complexity index is 1420. The van der Waals surface area contributed by atoms with Crippen molar-refractivity contribution in [2.24, 2.45) is 11.8 Å². The van der Waals surface area contributed by atoms with Gasteiger partial charge in [0.05, 0.1) is 30.0 Å². The minimum atomic E-state index is -1.26. The van der Waals surface area contributed by atoms with Crippen LogP contribution in [0, 0.1) is 11.8 Å². The van der Waals surface area contributed by atoms with Crippen molar-refractivity contribution >= 4 is 29.1 Å². The second-order valence-electron chi connectivity index (χ2n) is 9.47. The van der Waals surface area contributed by atoms with Gasteiger partial charge in [-0.3, -0.25) is 19.2 Å². The van der Waals surface area contributed by atoms with E-state index in [0.29, 0.717) is 11.3 Å². The number of Topliss-reactive ketones (excluding diaryl/α,β-unsaturated/α-hetero) is 2. The second kappa shape index (κ2) is 7.22. The van der Waals surface area contributed by atoms with E-state index in [2.05, 4.69) is 0 Å². The maximum absolute atomic E-state index is 14.2. The quantitative estimate of drug-likeness (QED) is 0.429. The lowest BCUT2D eigenvalue weighted by molar-refractivity contribution is -0.132. The molecule has 0 N–H and O–H groups in total. The predicted octanol–water partition coefficient (Wildman–Crippen LogP) is 4.04. The molecule has 3 aromatic carbocycles. The first-order valence-electron chi connectivity index (χ1n) is 11.6. The van der Waals surface area contributed by atoms with Gasteiger partial charge < -0.3 is 4.74 Å². The summed E-state index contributed by atoms with van der Waals surface area (Å²) >= 11 is 0. The molecule has 35 heavy (non-hydrogen) atoms. The first-order chi connectivity index (χ1) is 16.8. The fraction of sp³-hybridized carbons (Fsp3) is 0.241. The molecule has 3 aromatic rings. The third kappa shape index (κ3) is 2.49. The van der Waals surface area contributed by atoms with E-state index in [1.54, 1.807) is 12.1 Å². The van der Waals surface area contributed by atoms with Gasteiger partial charge in [0, 0.05) is 11.5 Å². The zero-order valence-corrected chi connectivity index (χ0v) is 19.6. The molecule has 4 aliphatic rings. The maximum atomic E-state index is 14.2. The smallest absolute Gasteiger partial charge is 0.239 e. The maximum Gasteiger partial charge on any atom is 0.239 e. The van der Waals surface area contributed by atoms with Crippen molar-refractivity contribution in [3.63, 3.8) is 0 Å². The third-order valence-corrected chi connectivity index (χ3v) is 8.00. The summed E-state index contributed by atoms with van der Waals surface area (Å²) in [6, 6.07) is 20.0. The van der Waals surface area contributed by atoms with E-state index in [9.17, 15) is 19.2 Å². The van der Waals surface area contributed by atoms with Gasteiger partial charge >= 0.3 is 0 Å². The van der Waals surface area contributed by atoms with E-state index in [1.165, 1.54) is 27.0 Å². The van der Waals surface area contributed by atoms with E-state index in [0.717, 1.165) is 27.2 Å². The van der Waals surface area contributed by atoms with Gasteiger partial charge in [-0.1, -0.05) is 48.5 Å². The van der Waals surface area contributed by atoms with Crippen molar-refractivity contribution in [3.8, 4) is 5.75 Å². The lowest BCUT2D eigenvalue weighted by Crippen LogP contribution is -2.57. The number of rotatable bonds is 4. The molecule has 7 rings (SSSR count). The Labute approximate surface area is 202 Å². The summed E-state index contributed by atoms with van der Waals surface area (Å²) in [5, 5.41) is 0. The van der Waals surface area contributed by atoms with Gasteiger partial charge in [0.2, 0.25) is 11.8 Å². The van der Waals surface area contributed by atoms with Crippen LogP contribution in [0.25, 0.3) is 0 Å². The summed E-state index contributed by atoms with van der Waals surface area (Å²) in [7, 11) is 1.46. The Morgan fingerprint density at radius 2 is 1.46 bits per heavy atom. The number of ether oxygens (including phenoxy) is 1. The number of imide groups is 1. The topological polar surface area (TPSA) is 80.8 Å². The number of amides is 2. The molecule has 0 unspecified atom stereocenters. The van der Waals surface area contributed by atoms with Crippen LogP contribution in [0.2, 0.25) is 0 Å². The summed E-state index contributed by atoms with van der Waals surface area (Å²) in [6.07, 6.45) is 0. The monoisotopic (exact) mass is 465 g/mol. The molecule has 0 aromatic heterocycles.